The number of hydrogen-bond donors (Lipinski definition) is 0. The van der Waals surface area contributed by atoms with Gasteiger partial charge in [0.05, 0.1) is 11.8 Å². The number of rotatable bonds is 4. The van der Waals surface area contributed by atoms with Gasteiger partial charge in [0.15, 0.2) is 5.78 Å². The second-order valence-corrected chi connectivity index (χ2v) is 3.85. The molecule has 0 aliphatic rings. The monoisotopic (exact) mass is 194 g/mol. The molecular formula is C11H18N2O. The molecule has 1 rings (SSSR count). The minimum absolute atomic E-state index is 0.111. The zero-order chi connectivity index (χ0) is 10.7. The van der Waals surface area contributed by atoms with E-state index in [0.29, 0.717) is 6.04 Å². The molecule has 0 N–H and O–H groups in total. The van der Waals surface area contributed by atoms with Crippen LogP contribution < -0.4 is 0 Å². The summed E-state index contributed by atoms with van der Waals surface area (Å²) in [7, 11) is 0. The van der Waals surface area contributed by atoms with Gasteiger partial charge in [0.25, 0.3) is 0 Å². The molecule has 0 atom stereocenters. The first-order valence-corrected chi connectivity index (χ1v) is 5.15. The van der Waals surface area contributed by atoms with Gasteiger partial charge in [0.2, 0.25) is 0 Å². The average Bonchev–Trinajstić information content (AvgIpc) is 2.48. The van der Waals surface area contributed by atoms with Gasteiger partial charge in [-0.2, -0.15) is 5.10 Å². The standard InChI is InChI=1S/C11H18N2O/c1-5-6-11-10(9(4)14)7-12-13(11)8(2)3/h7-8H,5-6H2,1-4H3. The molecule has 0 unspecified atom stereocenters. The Bertz CT molecular complexity index is 326. The zero-order valence-electron chi connectivity index (χ0n) is 9.37. The molecule has 0 aliphatic heterocycles. The highest BCUT2D eigenvalue weighted by Crippen LogP contribution is 2.16. The summed E-state index contributed by atoms with van der Waals surface area (Å²) in [4.78, 5) is 11.3. The van der Waals surface area contributed by atoms with E-state index < -0.39 is 0 Å². The minimum atomic E-state index is 0.111. The highest BCUT2D eigenvalue weighted by molar-refractivity contribution is 5.94. The average molecular weight is 194 g/mol. The normalized spacial score (nSPS) is 10.9. The van der Waals surface area contributed by atoms with Gasteiger partial charge in [0, 0.05) is 11.7 Å². The first kappa shape index (κ1) is 11.0. The van der Waals surface area contributed by atoms with Crippen molar-refractivity contribution >= 4 is 5.78 Å². The summed E-state index contributed by atoms with van der Waals surface area (Å²) in [5.74, 6) is 0.111. The Morgan fingerprint density at radius 2 is 2.21 bits per heavy atom. The van der Waals surface area contributed by atoms with E-state index in [4.69, 9.17) is 0 Å². The van der Waals surface area contributed by atoms with E-state index in [0.717, 1.165) is 24.1 Å². The molecular weight excluding hydrogens is 176 g/mol. The van der Waals surface area contributed by atoms with E-state index in [9.17, 15) is 4.79 Å². The molecule has 0 fully saturated rings. The lowest BCUT2D eigenvalue weighted by Gasteiger charge is -2.11. The van der Waals surface area contributed by atoms with Crippen molar-refractivity contribution in [1.29, 1.82) is 0 Å². The number of nitrogens with zero attached hydrogens (tertiary/aromatic N) is 2. The highest BCUT2D eigenvalue weighted by Gasteiger charge is 2.14. The van der Waals surface area contributed by atoms with Crippen molar-refractivity contribution in [3.05, 3.63) is 17.5 Å². The zero-order valence-corrected chi connectivity index (χ0v) is 9.37. The van der Waals surface area contributed by atoms with Gasteiger partial charge in [-0.1, -0.05) is 13.3 Å². The lowest BCUT2D eigenvalue weighted by atomic mass is 10.1. The molecule has 1 heterocycles. The lowest BCUT2D eigenvalue weighted by Crippen LogP contribution is -2.09. The Labute approximate surface area is 85.1 Å². The maximum absolute atomic E-state index is 11.3. The third-order valence-corrected chi connectivity index (χ3v) is 2.25. The van der Waals surface area contributed by atoms with Crippen LogP contribution in [-0.2, 0) is 6.42 Å². The SMILES string of the molecule is CCCc1c(C(C)=O)cnn1C(C)C. The molecule has 0 saturated carbocycles. The van der Waals surface area contributed by atoms with Crippen LogP contribution in [0.5, 0.6) is 0 Å². The number of hydrogen-bond acceptors (Lipinski definition) is 2. The third kappa shape index (κ3) is 2.03. The first-order chi connectivity index (χ1) is 6.57. The Kier molecular flexibility index (Phi) is 3.44. The molecule has 0 saturated heterocycles. The largest absolute Gasteiger partial charge is 0.294 e. The van der Waals surface area contributed by atoms with E-state index in [1.807, 2.05) is 4.68 Å². The van der Waals surface area contributed by atoms with Crippen LogP contribution in [0.4, 0.5) is 0 Å². The summed E-state index contributed by atoms with van der Waals surface area (Å²) < 4.78 is 1.94. The summed E-state index contributed by atoms with van der Waals surface area (Å²) in [6.45, 7) is 7.87. The van der Waals surface area contributed by atoms with E-state index in [-0.39, 0.29) is 5.78 Å². The summed E-state index contributed by atoms with van der Waals surface area (Å²) in [6.07, 6.45) is 3.65. The maximum Gasteiger partial charge on any atom is 0.163 e. The van der Waals surface area contributed by atoms with E-state index >= 15 is 0 Å². The predicted molar refractivity (Wildman–Crippen MR) is 56.6 cm³/mol. The molecule has 78 valence electrons. The van der Waals surface area contributed by atoms with Crippen LogP contribution in [0.3, 0.4) is 0 Å². The van der Waals surface area contributed by atoms with Gasteiger partial charge in [-0.05, 0) is 27.2 Å². The molecule has 0 spiro atoms. The molecule has 3 heteroatoms. The van der Waals surface area contributed by atoms with Gasteiger partial charge < -0.3 is 0 Å². The van der Waals surface area contributed by atoms with Crippen LogP contribution >= 0.6 is 0 Å². The Morgan fingerprint density at radius 3 is 2.64 bits per heavy atom. The van der Waals surface area contributed by atoms with Crippen molar-refractivity contribution in [2.75, 3.05) is 0 Å². The molecule has 3 nitrogen and oxygen atoms in total. The Balaban J connectivity index is 3.13. The van der Waals surface area contributed by atoms with Crippen molar-refractivity contribution in [2.45, 2.75) is 46.6 Å². The smallest absolute Gasteiger partial charge is 0.163 e. The minimum Gasteiger partial charge on any atom is -0.294 e. The van der Waals surface area contributed by atoms with Crippen LogP contribution in [0.15, 0.2) is 6.20 Å². The van der Waals surface area contributed by atoms with Gasteiger partial charge in [-0.3, -0.25) is 9.48 Å². The van der Waals surface area contributed by atoms with E-state index in [2.05, 4.69) is 25.9 Å². The maximum atomic E-state index is 11.3. The van der Waals surface area contributed by atoms with Gasteiger partial charge in [0.1, 0.15) is 0 Å². The van der Waals surface area contributed by atoms with Gasteiger partial charge in [-0.15, -0.1) is 0 Å². The number of aromatic nitrogens is 2. The lowest BCUT2D eigenvalue weighted by molar-refractivity contribution is 0.101. The van der Waals surface area contributed by atoms with Crippen molar-refractivity contribution in [1.82, 2.24) is 9.78 Å². The molecule has 0 bridgehead atoms. The van der Waals surface area contributed by atoms with Crippen LogP contribution in [0.1, 0.15) is 56.2 Å². The van der Waals surface area contributed by atoms with Crippen molar-refractivity contribution in [2.24, 2.45) is 0 Å². The summed E-state index contributed by atoms with van der Waals surface area (Å²) in [5.41, 5.74) is 1.86. The Hall–Kier alpha value is -1.12. The van der Waals surface area contributed by atoms with Crippen LogP contribution in [0.2, 0.25) is 0 Å². The number of Topliss-reactive ketones (excluding diaryl/α,β-unsaturated/α-hetero) is 1. The van der Waals surface area contributed by atoms with Crippen molar-refractivity contribution in [3.63, 3.8) is 0 Å². The molecule has 0 aromatic carbocycles. The molecule has 0 radical (unpaired) electrons. The third-order valence-electron chi connectivity index (χ3n) is 2.25. The van der Waals surface area contributed by atoms with Gasteiger partial charge >= 0.3 is 0 Å². The van der Waals surface area contributed by atoms with Gasteiger partial charge in [-0.25, -0.2) is 0 Å². The van der Waals surface area contributed by atoms with E-state index in [1.54, 1.807) is 13.1 Å². The fourth-order valence-electron chi connectivity index (χ4n) is 1.61. The molecule has 14 heavy (non-hydrogen) atoms. The summed E-state index contributed by atoms with van der Waals surface area (Å²) in [5, 5.41) is 4.25. The Morgan fingerprint density at radius 1 is 1.57 bits per heavy atom. The second-order valence-electron chi connectivity index (χ2n) is 3.85. The first-order valence-electron chi connectivity index (χ1n) is 5.15. The fraction of sp³-hybridized carbons (Fsp3) is 0.636. The summed E-state index contributed by atoms with van der Waals surface area (Å²) in [6, 6.07) is 0.324. The second kappa shape index (κ2) is 4.40. The van der Waals surface area contributed by atoms with Crippen LogP contribution in [-0.4, -0.2) is 15.6 Å². The molecule has 0 amide bonds. The number of carbonyl (C=O) groups is 1. The molecule has 0 aliphatic carbocycles. The van der Waals surface area contributed by atoms with Crippen molar-refractivity contribution < 1.29 is 4.79 Å². The summed E-state index contributed by atoms with van der Waals surface area (Å²) >= 11 is 0. The highest BCUT2D eigenvalue weighted by atomic mass is 16.1. The quantitative estimate of drug-likeness (QED) is 0.690. The number of ketones is 1. The van der Waals surface area contributed by atoms with Crippen LogP contribution in [0.25, 0.3) is 0 Å². The molecule has 1 aromatic rings. The fourth-order valence-corrected chi connectivity index (χ4v) is 1.61. The predicted octanol–water partition coefficient (Wildman–Crippen LogP) is 2.62. The number of carbonyl (C=O) groups excluding carboxylic acids is 1. The molecule has 1 aromatic heterocycles. The van der Waals surface area contributed by atoms with Crippen molar-refractivity contribution in [3.8, 4) is 0 Å². The van der Waals surface area contributed by atoms with E-state index in [1.165, 1.54) is 0 Å². The van der Waals surface area contributed by atoms with Crippen LogP contribution in [0, 0.1) is 0 Å². The topological polar surface area (TPSA) is 34.9 Å².